The fourth-order valence-electron chi connectivity index (χ4n) is 1.70. The van der Waals surface area contributed by atoms with Crippen molar-refractivity contribution in [3.8, 4) is 0 Å². The van der Waals surface area contributed by atoms with Crippen molar-refractivity contribution in [1.29, 1.82) is 0 Å². The second-order valence-corrected chi connectivity index (χ2v) is 5.84. The van der Waals surface area contributed by atoms with E-state index < -0.39 is 5.60 Å². The monoisotopic (exact) mass is 240 g/mol. The predicted octanol–water partition coefficient (Wildman–Crippen LogP) is 3.09. The zero-order valence-electron chi connectivity index (χ0n) is 11.6. The first-order valence-electron chi connectivity index (χ1n) is 6.24. The summed E-state index contributed by atoms with van der Waals surface area (Å²) in [4.78, 5) is 11.6. The summed E-state index contributed by atoms with van der Waals surface area (Å²) < 4.78 is 11.0. The summed E-state index contributed by atoms with van der Waals surface area (Å²) in [5.74, 6) is -0.286. The molecular weight excluding hydrogens is 216 g/mol. The van der Waals surface area contributed by atoms with Gasteiger partial charge in [0.05, 0.1) is 17.6 Å². The molecule has 1 saturated heterocycles. The highest BCUT2D eigenvalue weighted by molar-refractivity contribution is 5.72. The summed E-state index contributed by atoms with van der Waals surface area (Å²) in [6, 6.07) is 0. The minimum atomic E-state index is -0.580. The van der Waals surface area contributed by atoms with E-state index in [1.54, 1.807) is 6.08 Å². The predicted molar refractivity (Wildman–Crippen MR) is 67.7 cm³/mol. The number of epoxide rings is 1. The van der Waals surface area contributed by atoms with Crippen LogP contribution in [0.5, 0.6) is 0 Å². The summed E-state index contributed by atoms with van der Waals surface area (Å²) in [6.45, 7) is 13.5. The lowest BCUT2D eigenvalue weighted by molar-refractivity contribution is -0.158. The first kappa shape index (κ1) is 14.2. The average Bonchev–Trinajstić information content (AvgIpc) is 2.83. The number of rotatable bonds is 6. The second kappa shape index (κ2) is 4.81. The molecular formula is C14H24O3. The molecule has 3 nitrogen and oxygen atoms in total. The summed E-state index contributed by atoms with van der Waals surface area (Å²) >= 11 is 0. The van der Waals surface area contributed by atoms with Gasteiger partial charge in [-0.2, -0.15) is 0 Å². The molecule has 0 aliphatic carbocycles. The van der Waals surface area contributed by atoms with Gasteiger partial charge >= 0.3 is 5.97 Å². The SMILES string of the molecule is C=CC(C)(CCC1OC1(C)C)OC(=O)C(C)C. The smallest absolute Gasteiger partial charge is 0.309 e. The molecule has 0 radical (unpaired) electrons. The molecule has 1 aliphatic heterocycles. The maximum atomic E-state index is 11.6. The third-order valence-electron chi connectivity index (χ3n) is 3.30. The molecule has 0 aromatic heterocycles. The third-order valence-corrected chi connectivity index (χ3v) is 3.30. The van der Waals surface area contributed by atoms with Crippen molar-refractivity contribution in [2.45, 2.75) is 64.8 Å². The van der Waals surface area contributed by atoms with Gasteiger partial charge in [-0.1, -0.05) is 20.4 Å². The van der Waals surface area contributed by atoms with E-state index in [1.807, 2.05) is 20.8 Å². The Hall–Kier alpha value is -0.830. The Balaban J connectivity index is 2.45. The molecule has 17 heavy (non-hydrogen) atoms. The van der Waals surface area contributed by atoms with Crippen LogP contribution in [0.25, 0.3) is 0 Å². The number of hydrogen-bond donors (Lipinski definition) is 0. The van der Waals surface area contributed by atoms with Crippen LogP contribution < -0.4 is 0 Å². The van der Waals surface area contributed by atoms with E-state index in [-0.39, 0.29) is 23.6 Å². The maximum Gasteiger partial charge on any atom is 0.309 e. The van der Waals surface area contributed by atoms with Crippen molar-refractivity contribution in [2.75, 3.05) is 0 Å². The molecule has 98 valence electrons. The molecule has 0 N–H and O–H groups in total. The molecule has 2 unspecified atom stereocenters. The Kier molecular flexibility index (Phi) is 4.03. The highest BCUT2D eigenvalue weighted by Gasteiger charge is 2.48. The quantitative estimate of drug-likeness (QED) is 0.407. The van der Waals surface area contributed by atoms with Crippen LogP contribution in [0.3, 0.4) is 0 Å². The minimum absolute atomic E-state index is 0.00978. The van der Waals surface area contributed by atoms with Gasteiger partial charge in [-0.05, 0) is 39.7 Å². The third kappa shape index (κ3) is 3.84. The fraction of sp³-hybridized carbons (Fsp3) is 0.786. The largest absolute Gasteiger partial charge is 0.455 e. The van der Waals surface area contributed by atoms with Crippen LogP contribution in [0.4, 0.5) is 0 Å². The molecule has 3 heteroatoms. The zero-order valence-corrected chi connectivity index (χ0v) is 11.6. The van der Waals surface area contributed by atoms with Crippen molar-refractivity contribution < 1.29 is 14.3 Å². The standard InChI is InChI=1S/C14H24O3/c1-7-14(6,17-12(15)10(2)3)9-8-11-13(4,5)16-11/h7,10-11H,1,8-9H2,2-6H3. The van der Waals surface area contributed by atoms with Crippen LogP contribution in [-0.4, -0.2) is 23.3 Å². The highest BCUT2D eigenvalue weighted by Crippen LogP contribution is 2.40. The zero-order chi connectivity index (χ0) is 13.3. The van der Waals surface area contributed by atoms with Gasteiger partial charge in [0.15, 0.2) is 0 Å². The van der Waals surface area contributed by atoms with Crippen molar-refractivity contribution in [3.05, 3.63) is 12.7 Å². The molecule has 1 fully saturated rings. The maximum absolute atomic E-state index is 11.6. The summed E-state index contributed by atoms with van der Waals surface area (Å²) in [6.07, 6.45) is 3.63. The summed E-state index contributed by atoms with van der Waals surface area (Å²) in [5, 5.41) is 0. The number of esters is 1. The van der Waals surface area contributed by atoms with Crippen LogP contribution >= 0.6 is 0 Å². The number of carbonyl (C=O) groups is 1. The van der Waals surface area contributed by atoms with E-state index in [1.165, 1.54) is 0 Å². The molecule has 2 atom stereocenters. The minimum Gasteiger partial charge on any atom is -0.455 e. The highest BCUT2D eigenvalue weighted by atomic mass is 16.6. The van der Waals surface area contributed by atoms with E-state index in [4.69, 9.17) is 9.47 Å². The van der Waals surface area contributed by atoms with Crippen molar-refractivity contribution in [1.82, 2.24) is 0 Å². The van der Waals surface area contributed by atoms with Crippen molar-refractivity contribution >= 4 is 5.97 Å². The first-order valence-corrected chi connectivity index (χ1v) is 6.24. The first-order chi connectivity index (χ1) is 7.70. The van der Waals surface area contributed by atoms with E-state index in [0.29, 0.717) is 0 Å². The molecule has 0 aromatic rings. The number of hydrogen-bond acceptors (Lipinski definition) is 3. The van der Waals surface area contributed by atoms with Gasteiger partial charge in [0.2, 0.25) is 0 Å². The lowest BCUT2D eigenvalue weighted by Gasteiger charge is -2.27. The van der Waals surface area contributed by atoms with Crippen molar-refractivity contribution in [3.63, 3.8) is 0 Å². The van der Waals surface area contributed by atoms with Gasteiger partial charge in [-0.25, -0.2) is 0 Å². The Morgan fingerprint density at radius 1 is 1.59 bits per heavy atom. The molecule has 0 aromatic carbocycles. The fourth-order valence-corrected chi connectivity index (χ4v) is 1.70. The van der Waals surface area contributed by atoms with E-state index in [2.05, 4.69) is 20.4 Å². The average molecular weight is 240 g/mol. The topological polar surface area (TPSA) is 38.8 Å². The molecule has 1 heterocycles. The van der Waals surface area contributed by atoms with E-state index in [0.717, 1.165) is 12.8 Å². The van der Waals surface area contributed by atoms with Crippen LogP contribution in [0.15, 0.2) is 12.7 Å². The van der Waals surface area contributed by atoms with Gasteiger partial charge in [0, 0.05) is 0 Å². The van der Waals surface area contributed by atoms with Gasteiger partial charge in [-0.3, -0.25) is 4.79 Å². The second-order valence-electron chi connectivity index (χ2n) is 5.84. The lowest BCUT2D eigenvalue weighted by Crippen LogP contribution is -2.31. The van der Waals surface area contributed by atoms with E-state index >= 15 is 0 Å². The van der Waals surface area contributed by atoms with Crippen LogP contribution in [-0.2, 0) is 14.3 Å². The Morgan fingerprint density at radius 3 is 2.47 bits per heavy atom. The normalized spacial score (nSPS) is 25.2. The molecule has 1 rings (SSSR count). The Bertz CT molecular complexity index is 307. The molecule has 0 saturated carbocycles. The summed E-state index contributed by atoms with van der Waals surface area (Å²) in [7, 11) is 0. The van der Waals surface area contributed by atoms with E-state index in [9.17, 15) is 4.79 Å². The molecule has 0 spiro atoms. The molecule has 0 amide bonds. The molecule has 0 bridgehead atoms. The number of ether oxygens (including phenoxy) is 2. The number of carbonyl (C=O) groups excluding carboxylic acids is 1. The van der Waals surface area contributed by atoms with Crippen LogP contribution in [0.2, 0.25) is 0 Å². The molecule has 1 aliphatic rings. The van der Waals surface area contributed by atoms with Gasteiger partial charge in [0.25, 0.3) is 0 Å². The lowest BCUT2D eigenvalue weighted by atomic mass is 9.95. The Labute approximate surface area is 104 Å². The Morgan fingerprint density at radius 2 is 2.12 bits per heavy atom. The summed E-state index contributed by atoms with van der Waals surface area (Å²) in [5.41, 5.74) is -0.590. The van der Waals surface area contributed by atoms with Crippen LogP contribution in [0.1, 0.15) is 47.5 Å². The van der Waals surface area contributed by atoms with Crippen LogP contribution in [0, 0.1) is 5.92 Å². The van der Waals surface area contributed by atoms with Gasteiger partial charge < -0.3 is 9.47 Å². The van der Waals surface area contributed by atoms with Gasteiger partial charge in [-0.15, -0.1) is 0 Å². The van der Waals surface area contributed by atoms with Gasteiger partial charge in [0.1, 0.15) is 5.60 Å². The van der Waals surface area contributed by atoms with Crippen molar-refractivity contribution in [2.24, 2.45) is 5.92 Å².